The number of carbonyl (C=O) groups excluding carboxylic acids is 1. The van der Waals surface area contributed by atoms with Crippen molar-refractivity contribution in [2.45, 2.75) is 40.7 Å². The average molecular weight is 564 g/mol. The van der Waals surface area contributed by atoms with Crippen molar-refractivity contribution in [2.75, 3.05) is 39.0 Å². The third-order valence-corrected chi connectivity index (χ3v) is 7.60. The van der Waals surface area contributed by atoms with Gasteiger partial charge < -0.3 is 10.2 Å². The van der Waals surface area contributed by atoms with Crippen LogP contribution in [0.15, 0.2) is 60.4 Å². The zero-order valence-electron chi connectivity index (χ0n) is 24.6. The van der Waals surface area contributed by atoms with Gasteiger partial charge in [-0.15, -0.1) is 0 Å². The Morgan fingerprint density at radius 1 is 1.07 bits per heavy atom. The van der Waals surface area contributed by atoms with E-state index in [0.717, 1.165) is 35.5 Å². The summed E-state index contributed by atoms with van der Waals surface area (Å²) in [5, 5.41) is 7.65. The summed E-state index contributed by atoms with van der Waals surface area (Å²) in [6.07, 6.45) is 8.23. The SMILES string of the molecule is C/C=C(/C(=O)NCc1ccc(NS(=O)N(C)CCN(C)C)nc1)c1cnn(-c2ccc(C)cc2)c1/C=C(\C)CC. The van der Waals surface area contributed by atoms with E-state index in [1.165, 1.54) is 11.1 Å². The Morgan fingerprint density at radius 3 is 2.40 bits per heavy atom. The Kier molecular flexibility index (Phi) is 11.4. The second-order valence-electron chi connectivity index (χ2n) is 9.98. The predicted octanol–water partition coefficient (Wildman–Crippen LogP) is 4.59. The third kappa shape index (κ3) is 8.45. The Balaban J connectivity index is 1.71. The highest BCUT2D eigenvalue weighted by Crippen LogP contribution is 2.26. The van der Waals surface area contributed by atoms with E-state index < -0.39 is 11.2 Å². The molecule has 2 heterocycles. The molecule has 2 N–H and O–H groups in total. The molecule has 0 fully saturated rings. The second-order valence-corrected chi connectivity index (χ2v) is 11.3. The molecule has 2 aromatic heterocycles. The van der Waals surface area contributed by atoms with Crippen LogP contribution in [-0.2, 0) is 22.5 Å². The topological polar surface area (TPSA) is 95.4 Å². The highest BCUT2D eigenvalue weighted by molar-refractivity contribution is 7.84. The van der Waals surface area contributed by atoms with Gasteiger partial charge in [-0.05, 0) is 71.1 Å². The lowest BCUT2D eigenvalue weighted by atomic mass is 10.0. The zero-order valence-corrected chi connectivity index (χ0v) is 25.4. The third-order valence-electron chi connectivity index (χ3n) is 6.46. The average Bonchev–Trinajstić information content (AvgIpc) is 3.34. The Labute approximate surface area is 240 Å². The van der Waals surface area contributed by atoms with Crippen LogP contribution in [0.4, 0.5) is 5.82 Å². The molecule has 0 saturated carbocycles. The quantitative estimate of drug-likeness (QED) is 0.297. The molecular weight excluding hydrogens is 522 g/mol. The maximum Gasteiger partial charge on any atom is 0.251 e. The molecule has 3 rings (SSSR count). The van der Waals surface area contributed by atoms with Gasteiger partial charge >= 0.3 is 0 Å². The summed E-state index contributed by atoms with van der Waals surface area (Å²) < 4.78 is 19.0. The van der Waals surface area contributed by atoms with Gasteiger partial charge in [-0.3, -0.25) is 9.52 Å². The van der Waals surface area contributed by atoms with Gasteiger partial charge in [0, 0.05) is 44.0 Å². The molecule has 0 saturated heterocycles. The van der Waals surface area contributed by atoms with Gasteiger partial charge in [0.2, 0.25) is 0 Å². The van der Waals surface area contributed by atoms with Crippen molar-refractivity contribution in [1.82, 2.24) is 29.3 Å². The fourth-order valence-corrected chi connectivity index (χ4v) is 4.50. The molecule has 0 bridgehead atoms. The van der Waals surface area contributed by atoms with Crippen LogP contribution in [0.25, 0.3) is 17.3 Å². The van der Waals surface area contributed by atoms with Gasteiger partial charge in [-0.2, -0.15) is 5.10 Å². The number of amides is 1. The largest absolute Gasteiger partial charge is 0.348 e. The van der Waals surface area contributed by atoms with Gasteiger partial charge in [-0.25, -0.2) is 18.2 Å². The van der Waals surface area contributed by atoms with Gasteiger partial charge in [-0.1, -0.05) is 42.3 Å². The molecule has 1 unspecified atom stereocenters. The van der Waals surface area contributed by atoms with Crippen molar-refractivity contribution in [1.29, 1.82) is 0 Å². The number of nitrogens with one attached hydrogen (secondary N) is 2. The standard InChI is InChI=1S/C30H41N7O2S/c1-8-22(3)18-28-27(21-33-37(28)25-13-10-23(4)11-14-25)26(9-2)30(38)32-20-24-12-15-29(31-19-24)34-40(39)36(7)17-16-35(5)6/h9-15,18-19,21H,8,16-17,20H2,1-7H3,(H,31,34)(H,32,38)/b22-18+,26-9+. The van der Waals surface area contributed by atoms with Gasteiger partial charge in [0.1, 0.15) is 5.82 Å². The van der Waals surface area contributed by atoms with E-state index in [0.29, 0.717) is 24.5 Å². The number of benzene rings is 1. The first-order valence-electron chi connectivity index (χ1n) is 13.4. The summed E-state index contributed by atoms with van der Waals surface area (Å²) in [5.41, 5.74) is 6.32. The molecule has 0 radical (unpaired) electrons. The lowest BCUT2D eigenvalue weighted by molar-refractivity contribution is -0.115. The molecule has 0 aliphatic heterocycles. The van der Waals surface area contributed by atoms with Crippen LogP contribution < -0.4 is 10.0 Å². The number of allylic oxidation sites excluding steroid dienone is 2. The minimum Gasteiger partial charge on any atom is -0.348 e. The lowest BCUT2D eigenvalue weighted by Crippen LogP contribution is -2.33. The normalized spacial score (nSPS) is 13.1. The number of nitrogens with zero attached hydrogens (tertiary/aromatic N) is 5. The summed E-state index contributed by atoms with van der Waals surface area (Å²) in [6, 6.07) is 11.8. The second kappa shape index (κ2) is 14.7. The molecule has 10 heteroatoms. The van der Waals surface area contributed by atoms with Crippen molar-refractivity contribution < 1.29 is 9.00 Å². The minimum absolute atomic E-state index is 0.194. The molecule has 214 valence electrons. The Hall–Kier alpha value is -3.60. The molecule has 1 amide bonds. The van der Waals surface area contributed by atoms with Crippen molar-refractivity contribution in [3.05, 3.63) is 82.8 Å². The van der Waals surface area contributed by atoms with Crippen LogP contribution in [0.2, 0.25) is 0 Å². The Bertz CT molecular complexity index is 1360. The first kappa shape index (κ1) is 30.9. The van der Waals surface area contributed by atoms with Crippen molar-refractivity contribution in [3.63, 3.8) is 0 Å². The molecule has 1 aromatic carbocycles. The number of likely N-dealkylation sites (N-methyl/N-ethyl adjacent to an activating group) is 2. The maximum atomic E-state index is 13.3. The summed E-state index contributed by atoms with van der Waals surface area (Å²) >= 11 is -1.40. The van der Waals surface area contributed by atoms with E-state index >= 15 is 0 Å². The Morgan fingerprint density at radius 2 is 1.80 bits per heavy atom. The van der Waals surface area contributed by atoms with Crippen molar-refractivity contribution >= 4 is 34.5 Å². The fourth-order valence-electron chi connectivity index (χ4n) is 3.80. The molecule has 1 atom stereocenters. The van der Waals surface area contributed by atoms with Gasteiger partial charge in [0.25, 0.3) is 5.91 Å². The highest BCUT2D eigenvalue weighted by atomic mass is 32.2. The summed E-state index contributed by atoms with van der Waals surface area (Å²) in [7, 11) is 5.75. The van der Waals surface area contributed by atoms with Crippen LogP contribution >= 0.6 is 0 Å². The highest BCUT2D eigenvalue weighted by Gasteiger charge is 2.19. The van der Waals surface area contributed by atoms with Crippen molar-refractivity contribution in [2.24, 2.45) is 0 Å². The van der Waals surface area contributed by atoms with Crippen LogP contribution in [-0.4, -0.2) is 68.3 Å². The molecule has 3 aromatic rings. The number of hydrogen-bond acceptors (Lipinski definition) is 5. The number of aromatic nitrogens is 3. The van der Waals surface area contributed by atoms with E-state index in [4.69, 9.17) is 0 Å². The number of aryl methyl sites for hydroxylation is 1. The van der Waals surface area contributed by atoms with E-state index in [1.54, 1.807) is 29.8 Å². The first-order chi connectivity index (χ1) is 19.1. The number of hydrogen-bond donors (Lipinski definition) is 2. The van der Waals surface area contributed by atoms with Crippen LogP contribution in [0, 0.1) is 6.92 Å². The number of pyridine rings is 1. The lowest BCUT2D eigenvalue weighted by Gasteiger charge is -2.18. The zero-order chi connectivity index (χ0) is 29.2. The molecule has 0 spiro atoms. The maximum absolute atomic E-state index is 13.3. The first-order valence-corrected chi connectivity index (χ1v) is 14.5. The monoisotopic (exact) mass is 563 g/mol. The van der Waals surface area contributed by atoms with Crippen LogP contribution in [0.5, 0.6) is 0 Å². The molecule has 9 nitrogen and oxygen atoms in total. The molecule has 0 aliphatic carbocycles. The minimum atomic E-state index is -1.40. The van der Waals surface area contributed by atoms with Crippen LogP contribution in [0.1, 0.15) is 49.6 Å². The fraction of sp³-hybridized carbons (Fsp3) is 0.367. The van der Waals surface area contributed by atoms with Crippen LogP contribution in [0.3, 0.4) is 0 Å². The number of rotatable bonds is 13. The van der Waals surface area contributed by atoms with E-state index in [9.17, 15) is 9.00 Å². The smallest absolute Gasteiger partial charge is 0.251 e. The van der Waals surface area contributed by atoms with Gasteiger partial charge in [0.05, 0.1) is 17.6 Å². The molecule has 0 aliphatic rings. The summed E-state index contributed by atoms with van der Waals surface area (Å²) in [5.74, 6) is 0.311. The number of anilines is 1. The molecule has 40 heavy (non-hydrogen) atoms. The van der Waals surface area contributed by atoms with E-state index in [1.807, 2.05) is 54.9 Å². The van der Waals surface area contributed by atoms with Crippen molar-refractivity contribution in [3.8, 4) is 5.69 Å². The summed E-state index contributed by atoms with van der Waals surface area (Å²) in [6.45, 7) is 9.86. The molecular formula is C30H41N7O2S. The predicted molar refractivity (Wildman–Crippen MR) is 165 cm³/mol. The van der Waals surface area contributed by atoms with E-state index in [2.05, 4.69) is 59.1 Å². The van der Waals surface area contributed by atoms with Gasteiger partial charge in [0.15, 0.2) is 11.2 Å². The summed E-state index contributed by atoms with van der Waals surface area (Å²) in [4.78, 5) is 19.7. The number of carbonyl (C=O) groups is 1. The van der Waals surface area contributed by atoms with E-state index in [-0.39, 0.29) is 5.91 Å².